The summed E-state index contributed by atoms with van der Waals surface area (Å²) in [6.07, 6.45) is 1.46. The van der Waals surface area contributed by atoms with Gasteiger partial charge >= 0.3 is 0 Å². The summed E-state index contributed by atoms with van der Waals surface area (Å²) < 4.78 is 6.91. The lowest BCUT2D eigenvalue weighted by atomic mass is 10.1. The number of methoxy groups -OCH3 is 1. The number of thioether (sulfide) groups is 1. The van der Waals surface area contributed by atoms with Crippen LogP contribution in [-0.2, 0) is 4.79 Å². The molecule has 1 amide bonds. The zero-order valence-corrected chi connectivity index (χ0v) is 18.5. The summed E-state index contributed by atoms with van der Waals surface area (Å²) in [6, 6.07) is 11.6. The number of carbonyl (C=O) groups excluding carboxylic acids is 1. The first-order chi connectivity index (χ1) is 15.0. The molecule has 158 valence electrons. The summed E-state index contributed by atoms with van der Waals surface area (Å²) in [7, 11) is 1.61. The molecule has 0 unspecified atom stereocenters. The van der Waals surface area contributed by atoms with Crippen LogP contribution in [0.25, 0.3) is 16.9 Å². The van der Waals surface area contributed by atoms with Crippen molar-refractivity contribution < 1.29 is 9.53 Å². The molecule has 31 heavy (non-hydrogen) atoms. The molecule has 0 fully saturated rings. The zero-order chi connectivity index (χ0) is 22.0. The first-order valence-electron chi connectivity index (χ1n) is 9.67. The van der Waals surface area contributed by atoms with Gasteiger partial charge in [0, 0.05) is 11.8 Å². The third-order valence-corrected chi connectivity index (χ3v) is 5.76. The minimum absolute atomic E-state index is 0.105. The Labute approximate surface area is 184 Å². The highest BCUT2D eigenvalue weighted by Crippen LogP contribution is 2.26. The molecule has 0 saturated heterocycles. The number of benzene rings is 2. The molecule has 9 heteroatoms. The van der Waals surface area contributed by atoms with E-state index in [9.17, 15) is 4.79 Å². The smallest absolute Gasteiger partial charge is 0.234 e. The van der Waals surface area contributed by atoms with E-state index in [1.165, 1.54) is 23.7 Å². The number of carbonyl (C=O) groups is 1. The summed E-state index contributed by atoms with van der Waals surface area (Å²) in [5.74, 6) is 0.806. The van der Waals surface area contributed by atoms with Crippen molar-refractivity contribution in [1.29, 1.82) is 0 Å². The van der Waals surface area contributed by atoms with Crippen LogP contribution in [-0.4, -0.2) is 43.7 Å². The van der Waals surface area contributed by atoms with Gasteiger partial charge < -0.3 is 10.1 Å². The van der Waals surface area contributed by atoms with Crippen LogP contribution in [0.2, 0.25) is 0 Å². The van der Waals surface area contributed by atoms with Crippen molar-refractivity contribution in [3.05, 3.63) is 59.4 Å². The van der Waals surface area contributed by atoms with Crippen LogP contribution in [0, 0.1) is 20.8 Å². The number of ether oxygens (including phenoxy) is 1. The number of nitrogens with zero attached hydrogens (tertiary/aromatic N) is 5. The largest absolute Gasteiger partial charge is 0.497 e. The zero-order valence-electron chi connectivity index (χ0n) is 17.7. The average molecular weight is 435 g/mol. The van der Waals surface area contributed by atoms with Crippen LogP contribution in [0.3, 0.4) is 0 Å². The van der Waals surface area contributed by atoms with Crippen LogP contribution in [0.15, 0.2) is 47.8 Å². The summed E-state index contributed by atoms with van der Waals surface area (Å²) in [5, 5.41) is 12.1. The Hall–Kier alpha value is -3.46. The predicted octanol–water partition coefficient (Wildman–Crippen LogP) is 3.88. The highest BCUT2D eigenvalue weighted by molar-refractivity contribution is 8.00. The standard InChI is InChI=1S/C22H22N6O2S/c1-13-8-14(2)19(15(3)9-13)25-18(29)11-31-22-20-21(23-12-24-22)28(27-26-20)16-6-5-7-17(10-16)30-4/h5-10,12H,11H2,1-4H3,(H,25,29). The van der Waals surface area contributed by atoms with Gasteiger partial charge in [0.05, 0.1) is 18.6 Å². The van der Waals surface area contributed by atoms with E-state index >= 15 is 0 Å². The molecule has 0 aliphatic carbocycles. The number of aryl methyl sites for hydroxylation is 3. The number of fused-ring (bicyclic) bond motifs is 1. The molecule has 0 spiro atoms. The molecular weight excluding hydrogens is 412 g/mol. The van der Waals surface area contributed by atoms with Crippen molar-refractivity contribution in [3.63, 3.8) is 0 Å². The lowest BCUT2D eigenvalue weighted by Gasteiger charge is -2.12. The second kappa shape index (κ2) is 8.73. The molecule has 4 aromatic rings. The lowest BCUT2D eigenvalue weighted by Crippen LogP contribution is -2.16. The third kappa shape index (κ3) is 4.36. The Morgan fingerprint density at radius 2 is 1.90 bits per heavy atom. The van der Waals surface area contributed by atoms with Crippen molar-refractivity contribution in [2.75, 3.05) is 18.2 Å². The molecule has 0 radical (unpaired) electrons. The van der Waals surface area contributed by atoms with Crippen molar-refractivity contribution >= 4 is 34.5 Å². The number of amides is 1. The maximum atomic E-state index is 12.6. The van der Waals surface area contributed by atoms with Gasteiger partial charge in [0.1, 0.15) is 17.1 Å². The van der Waals surface area contributed by atoms with Crippen LogP contribution in [0.5, 0.6) is 5.75 Å². The minimum atomic E-state index is -0.105. The normalized spacial score (nSPS) is 11.0. The van der Waals surface area contributed by atoms with Crippen molar-refractivity contribution in [3.8, 4) is 11.4 Å². The van der Waals surface area contributed by atoms with E-state index in [0.717, 1.165) is 22.5 Å². The Balaban J connectivity index is 1.53. The number of hydrogen-bond donors (Lipinski definition) is 1. The maximum Gasteiger partial charge on any atom is 0.234 e. The maximum absolute atomic E-state index is 12.6. The number of hydrogen-bond acceptors (Lipinski definition) is 7. The highest BCUT2D eigenvalue weighted by Gasteiger charge is 2.16. The van der Waals surface area contributed by atoms with Gasteiger partial charge in [0.25, 0.3) is 0 Å². The van der Waals surface area contributed by atoms with E-state index in [1.807, 2.05) is 45.0 Å². The van der Waals surface area contributed by atoms with Crippen molar-refractivity contribution in [2.24, 2.45) is 0 Å². The van der Waals surface area contributed by atoms with Gasteiger partial charge in [0.2, 0.25) is 5.91 Å². The van der Waals surface area contributed by atoms with E-state index in [0.29, 0.717) is 21.9 Å². The SMILES string of the molecule is COc1cccc(-n2nnc3c(SCC(=O)Nc4c(C)cc(C)cc4C)ncnc32)c1. The molecule has 0 bridgehead atoms. The average Bonchev–Trinajstić information content (AvgIpc) is 3.19. The van der Waals surface area contributed by atoms with Gasteiger partial charge in [-0.1, -0.05) is 40.7 Å². The predicted molar refractivity (Wildman–Crippen MR) is 121 cm³/mol. The monoisotopic (exact) mass is 434 g/mol. The molecule has 0 aliphatic rings. The third-order valence-electron chi connectivity index (χ3n) is 4.78. The van der Waals surface area contributed by atoms with Gasteiger partial charge in [-0.25, -0.2) is 9.97 Å². The molecular formula is C22H22N6O2S. The molecule has 1 N–H and O–H groups in total. The molecule has 2 aromatic heterocycles. The summed E-state index contributed by atoms with van der Waals surface area (Å²) in [6.45, 7) is 6.03. The minimum Gasteiger partial charge on any atom is -0.497 e. The number of nitrogens with one attached hydrogen (secondary N) is 1. The molecule has 2 aromatic carbocycles. The van der Waals surface area contributed by atoms with Gasteiger partial charge in [-0.3, -0.25) is 4.79 Å². The number of aromatic nitrogens is 5. The Morgan fingerprint density at radius 1 is 1.13 bits per heavy atom. The van der Waals surface area contributed by atoms with E-state index < -0.39 is 0 Å². The quantitative estimate of drug-likeness (QED) is 0.363. The van der Waals surface area contributed by atoms with Gasteiger partial charge in [-0.05, 0) is 44.0 Å². The first-order valence-corrected chi connectivity index (χ1v) is 10.7. The topological polar surface area (TPSA) is 94.8 Å². The van der Waals surface area contributed by atoms with E-state index in [2.05, 4.69) is 37.7 Å². The van der Waals surface area contributed by atoms with Crippen LogP contribution >= 0.6 is 11.8 Å². The van der Waals surface area contributed by atoms with Gasteiger partial charge in [-0.2, -0.15) is 4.68 Å². The Morgan fingerprint density at radius 3 is 2.65 bits per heavy atom. The molecule has 4 rings (SSSR count). The molecule has 0 saturated carbocycles. The fourth-order valence-corrected chi connectivity index (χ4v) is 4.17. The molecule has 0 atom stereocenters. The van der Waals surface area contributed by atoms with Gasteiger partial charge in [-0.15, -0.1) is 5.10 Å². The van der Waals surface area contributed by atoms with Crippen molar-refractivity contribution in [1.82, 2.24) is 25.0 Å². The number of anilines is 1. The summed E-state index contributed by atoms with van der Waals surface area (Å²) in [5.41, 5.74) is 6.00. The summed E-state index contributed by atoms with van der Waals surface area (Å²) >= 11 is 1.30. The van der Waals surface area contributed by atoms with Crippen molar-refractivity contribution in [2.45, 2.75) is 25.8 Å². The van der Waals surface area contributed by atoms with E-state index in [1.54, 1.807) is 11.8 Å². The van der Waals surface area contributed by atoms with Gasteiger partial charge in [0.15, 0.2) is 11.2 Å². The van der Waals surface area contributed by atoms with E-state index in [-0.39, 0.29) is 11.7 Å². The number of rotatable bonds is 6. The summed E-state index contributed by atoms with van der Waals surface area (Å²) in [4.78, 5) is 21.2. The second-order valence-electron chi connectivity index (χ2n) is 7.16. The molecule has 2 heterocycles. The second-order valence-corrected chi connectivity index (χ2v) is 8.13. The molecule has 0 aliphatic heterocycles. The van der Waals surface area contributed by atoms with Crippen LogP contribution < -0.4 is 10.1 Å². The molecule has 8 nitrogen and oxygen atoms in total. The van der Waals surface area contributed by atoms with Crippen LogP contribution in [0.1, 0.15) is 16.7 Å². The van der Waals surface area contributed by atoms with Crippen LogP contribution in [0.4, 0.5) is 5.69 Å². The van der Waals surface area contributed by atoms with E-state index in [4.69, 9.17) is 4.74 Å². The highest BCUT2D eigenvalue weighted by atomic mass is 32.2. The fraction of sp³-hybridized carbons (Fsp3) is 0.227. The first kappa shape index (κ1) is 20.8. The Bertz CT molecular complexity index is 1250. The lowest BCUT2D eigenvalue weighted by molar-refractivity contribution is -0.113. The fourth-order valence-electron chi connectivity index (χ4n) is 3.44. The Kier molecular flexibility index (Phi) is 5.85.